The summed E-state index contributed by atoms with van der Waals surface area (Å²) in [5.74, 6) is -0.582. The van der Waals surface area contributed by atoms with Gasteiger partial charge in [0.05, 0.1) is 12.5 Å². The maximum absolute atomic E-state index is 13.3. The molecule has 0 unspecified atom stereocenters. The maximum Gasteiger partial charge on any atom is 0.305 e. The van der Waals surface area contributed by atoms with Crippen LogP contribution in [0.25, 0.3) is 0 Å². The summed E-state index contributed by atoms with van der Waals surface area (Å²) < 4.78 is 0. The molecule has 14 N–H and O–H groups in total. The molecule has 17 heteroatoms. The second kappa shape index (κ2) is 19.6. The molecule has 0 aliphatic carbocycles. The van der Waals surface area contributed by atoms with Gasteiger partial charge in [0.1, 0.15) is 18.1 Å². The van der Waals surface area contributed by atoms with Crippen molar-refractivity contribution in [2.75, 3.05) is 13.1 Å². The molecule has 0 fully saturated rings. The van der Waals surface area contributed by atoms with E-state index in [1.807, 2.05) is 0 Å². The molecule has 0 spiro atoms. The van der Waals surface area contributed by atoms with Crippen molar-refractivity contribution in [3.63, 3.8) is 0 Å². The second-order valence-corrected chi connectivity index (χ2v) is 10.7. The first-order chi connectivity index (χ1) is 21.2. The van der Waals surface area contributed by atoms with Crippen LogP contribution >= 0.6 is 0 Å². The molecule has 0 saturated carbocycles. The van der Waals surface area contributed by atoms with Crippen molar-refractivity contribution in [1.29, 1.82) is 0 Å². The fourth-order valence-electron chi connectivity index (χ4n) is 4.08. The van der Waals surface area contributed by atoms with Crippen LogP contribution in [0.3, 0.4) is 0 Å². The molecule has 17 nitrogen and oxygen atoms in total. The Labute approximate surface area is 261 Å². The SMILES string of the molecule is CC(C)[C@H](NC(=O)[C@H](CC(=O)O)NC(=O)[C@H](CCCCN)NC(=O)[C@@H](N)CCCN=C(N)N)C(=O)N(N)C(=O)c1ccccc1. The van der Waals surface area contributed by atoms with E-state index in [0.717, 1.165) is 0 Å². The molecule has 0 aromatic heterocycles. The number of unbranched alkanes of at least 4 members (excludes halogenated alkanes) is 1. The first-order valence-electron chi connectivity index (χ1n) is 14.5. The fourth-order valence-corrected chi connectivity index (χ4v) is 4.08. The van der Waals surface area contributed by atoms with Crippen molar-refractivity contribution < 1.29 is 33.9 Å². The molecule has 45 heavy (non-hydrogen) atoms. The van der Waals surface area contributed by atoms with Crippen LogP contribution < -0.4 is 44.7 Å². The summed E-state index contributed by atoms with van der Waals surface area (Å²) in [7, 11) is 0. The molecular weight excluding hydrogens is 588 g/mol. The van der Waals surface area contributed by atoms with Gasteiger partial charge in [-0.1, -0.05) is 32.0 Å². The number of guanidine groups is 1. The van der Waals surface area contributed by atoms with Gasteiger partial charge in [-0.3, -0.25) is 33.8 Å². The Bertz CT molecular complexity index is 1190. The van der Waals surface area contributed by atoms with Crippen LogP contribution in [-0.2, 0) is 24.0 Å². The Kier molecular flexibility index (Phi) is 16.8. The topological polar surface area (TPSA) is 304 Å². The largest absolute Gasteiger partial charge is 0.481 e. The van der Waals surface area contributed by atoms with E-state index in [4.69, 9.17) is 28.8 Å². The van der Waals surface area contributed by atoms with Crippen LogP contribution in [0.2, 0.25) is 0 Å². The maximum atomic E-state index is 13.3. The van der Waals surface area contributed by atoms with Crippen molar-refractivity contribution in [2.24, 2.45) is 39.7 Å². The number of rotatable bonds is 19. The first-order valence-corrected chi connectivity index (χ1v) is 14.5. The summed E-state index contributed by atoms with van der Waals surface area (Å²) in [6.45, 7) is 3.74. The molecule has 250 valence electrons. The molecule has 0 heterocycles. The third kappa shape index (κ3) is 13.7. The number of carboxylic acids is 1. The Morgan fingerprint density at radius 1 is 0.867 bits per heavy atom. The number of carbonyl (C=O) groups is 6. The number of hydrogen-bond acceptors (Lipinski definition) is 10. The monoisotopic (exact) mass is 634 g/mol. The predicted octanol–water partition coefficient (Wildman–Crippen LogP) is -2.38. The Hall–Kier alpha value is -4.61. The van der Waals surface area contributed by atoms with E-state index in [2.05, 4.69) is 20.9 Å². The van der Waals surface area contributed by atoms with Gasteiger partial charge in [-0.15, -0.1) is 0 Å². The third-order valence-corrected chi connectivity index (χ3v) is 6.60. The normalized spacial score (nSPS) is 13.5. The number of nitrogens with zero attached hydrogens (tertiary/aromatic N) is 2. The van der Waals surface area contributed by atoms with E-state index in [-0.39, 0.29) is 30.9 Å². The van der Waals surface area contributed by atoms with E-state index in [9.17, 15) is 33.9 Å². The summed E-state index contributed by atoms with van der Waals surface area (Å²) in [5, 5.41) is 17.1. The van der Waals surface area contributed by atoms with Crippen molar-refractivity contribution in [3.05, 3.63) is 35.9 Å². The third-order valence-electron chi connectivity index (χ3n) is 6.60. The minimum absolute atomic E-state index is 0.102. The number of nitrogens with two attached hydrogens (primary N) is 5. The van der Waals surface area contributed by atoms with E-state index >= 15 is 0 Å². The number of hydrazine groups is 1. The molecule has 1 rings (SSSR count). The average Bonchev–Trinajstić information content (AvgIpc) is 2.99. The number of carboxylic acid groups (broad SMARTS) is 1. The minimum atomic E-state index is -1.65. The smallest absolute Gasteiger partial charge is 0.305 e. The Morgan fingerprint density at radius 2 is 1.47 bits per heavy atom. The second-order valence-electron chi connectivity index (χ2n) is 10.7. The van der Waals surface area contributed by atoms with Crippen molar-refractivity contribution in [1.82, 2.24) is 21.0 Å². The molecule has 0 aliphatic heterocycles. The van der Waals surface area contributed by atoms with Crippen LogP contribution in [0, 0.1) is 5.92 Å². The van der Waals surface area contributed by atoms with Gasteiger partial charge in [-0.25, -0.2) is 10.9 Å². The van der Waals surface area contributed by atoms with Crippen LogP contribution in [0.4, 0.5) is 0 Å². The van der Waals surface area contributed by atoms with Gasteiger partial charge < -0.3 is 44.0 Å². The molecule has 0 radical (unpaired) electrons. The summed E-state index contributed by atoms with van der Waals surface area (Å²) >= 11 is 0. The number of aliphatic carboxylic acids is 1. The van der Waals surface area contributed by atoms with Crippen LogP contribution in [0.1, 0.15) is 62.7 Å². The number of nitrogens with one attached hydrogen (secondary N) is 3. The van der Waals surface area contributed by atoms with Gasteiger partial charge in [0.2, 0.25) is 17.7 Å². The molecule has 0 bridgehead atoms. The number of aliphatic imine (C=N–C) groups is 1. The van der Waals surface area contributed by atoms with Crippen LogP contribution in [0.5, 0.6) is 0 Å². The molecule has 4 atom stereocenters. The standard InChI is InChI=1S/C28H46N10O7/c1-16(2)22(27(45)38(33)26(44)17-9-4-3-5-10-17)37-25(43)20(15-21(39)40)36-24(42)19(12-6-7-13-29)35-23(41)18(30)11-8-14-34-28(31)32/h3-5,9-10,16,18-20,22H,6-8,11-15,29-30,33H2,1-2H3,(H,35,41)(H,36,42)(H,37,43)(H,39,40)(H4,31,32,34)/t18-,19-,20-,22-/m0/s1. The fraction of sp³-hybridized carbons (Fsp3) is 0.536. The quantitative estimate of drug-likeness (QED) is 0.0192. The zero-order valence-electron chi connectivity index (χ0n) is 25.6. The number of benzene rings is 1. The summed E-state index contributed by atoms with van der Waals surface area (Å²) in [6.07, 6.45) is 0.825. The van der Waals surface area contributed by atoms with Crippen LogP contribution in [0.15, 0.2) is 35.3 Å². The number of amides is 5. The summed E-state index contributed by atoms with van der Waals surface area (Å²) in [4.78, 5) is 80.6. The lowest BCUT2D eigenvalue weighted by molar-refractivity contribution is -0.142. The lowest BCUT2D eigenvalue weighted by atomic mass is 10.0. The zero-order valence-corrected chi connectivity index (χ0v) is 25.6. The van der Waals surface area contributed by atoms with Gasteiger partial charge in [-0.2, -0.15) is 0 Å². The van der Waals surface area contributed by atoms with E-state index in [0.29, 0.717) is 30.8 Å². The minimum Gasteiger partial charge on any atom is -0.481 e. The molecule has 5 amide bonds. The number of hydrogen-bond donors (Lipinski definition) is 9. The molecule has 1 aromatic rings. The van der Waals surface area contributed by atoms with Crippen molar-refractivity contribution >= 4 is 41.5 Å². The summed E-state index contributed by atoms with van der Waals surface area (Å²) in [5.41, 5.74) is 22.2. The molecule has 1 aromatic carbocycles. The highest BCUT2D eigenvalue weighted by Gasteiger charge is 2.35. The van der Waals surface area contributed by atoms with E-state index in [1.165, 1.54) is 12.1 Å². The predicted molar refractivity (Wildman–Crippen MR) is 165 cm³/mol. The van der Waals surface area contributed by atoms with E-state index < -0.39 is 72.0 Å². The highest BCUT2D eigenvalue weighted by Crippen LogP contribution is 2.10. The van der Waals surface area contributed by atoms with E-state index in [1.54, 1.807) is 32.0 Å². The molecule has 0 saturated heterocycles. The van der Waals surface area contributed by atoms with Gasteiger partial charge in [-0.05, 0) is 56.7 Å². The molecular formula is C28H46N10O7. The number of imide groups is 1. The van der Waals surface area contributed by atoms with Gasteiger partial charge >= 0.3 is 5.97 Å². The Balaban J connectivity index is 3.07. The zero-order chi connectivity index (χ0) is 34.1. The first kappa shape index (κ1) is 38.4. The average molecular weight is 635 g/mol. The van der Waals surface area contributed by atoms with Crippen LogP contribution in [-0.4, -0.2) is 88.8 Å². The van der Waals surface area contributed by atoms with Gasteiger partial charge in [0.15, 0.2) is 5.96 Å². The lowest BCUT2D eigenvalue weighted by Crippen LogP contribution is -2.60. The van der Waals surface area contributed by atoms with Gasteiger partial charge in [0.25, 0.3) is 11.8 Å². The number of carbonyl (C=O) groups excluding carboxylic acids is 5. The Morgan fingerprint density at radius 3 is 2.02 bits per heavy atom. The highest BCUT2D eigenvalue weighted by molar-refractivity contribution is 6.06. The highest BCUT2D eigenvalue weighted by atomic mass is 16.4. The molecule has 0 aliphatic rings. The van der Waals surface area contributed by atoms with Gasteiger partial charge in [0, 0.05) is 12.1 Å². The van der Waals surface area contributed by atoms with Crippen molar-refractivity contribution in [2.45, 2.75) is 76.5 Å². The lowest BCUT2D eigenvalue weighted by Gasteiger charge is -2.28. The van der Waals surface area contributed by atoms with Crippen molar-refractivity contribution in [3.8, 4) is 0 Å². The summed E-state index contributed by atoms with van der Waals surface area (Å²) in [6, 6.07) is 2.58.